The zero-order valence-corrected chi connectivity index (χ0v) is 11.3. The Bertz CT molecular complexity index is 351. The van der Waals surface area contributed by atoms with Gasteiger partial charge in [-0.2, -0.15) is 5.10 Å². The van der Waals surface area contributed by atoms with Gasteiger partial charge in [-0.25, -0.2) is 4.98 Å². The van der Waals surface area contributed by atoms with Gasteiger partial charge in [0, 0.05) is 19.1 Å². The first-order valence-electron chi connectivity index (χ1n) is 6.33. The lowest BCUT2D eigenvalue weighted by molar-refractivity contribution is 0.646. The fourth-order valence-electron chi connectivity index (χ4n) is 1.78. The van der Waals surface area contributed by atoms with Crippen molar-refractivity contribution in [2.75, 3.05) is 18.0 Å². The van der Waals surface area contributed by atoms with Crippen molar-refractivity contribution in [3.63, 3.8) is 0 Å². The maximum absolute atomic E-state index is 5.61. The first-order valence-corrected chi connectivity index (χ1v) is 6.33. The Morgan fingerprint density at radius 1 is 1.12 bits per heavy atom. The molecular formula is C12H23N5. The second-order valence-corrected chi connectivity index (χ2v) is 4.29. The molecule has 96 valence electrons. The topological polar surface area (TPSA) is 67.9 Å². The van der Waals surface area contributed by atoms with E-state index in [1.54, 1.807) is 0 Å². The number of anilines is 1. The van der Waals surface area contributed by atoms with E-state index < -0.39 is 0 Å². The molecule has 0 fully saturated rings. The van der Waals surface area contributed by atoms with E-state index in [-0.39, 0.29) is 0 Å². The lowest BCUT2D eigenvalue weighted by Crippen LogP contribution is -2.37. The molecule has 17 heavy (non-hydrogen) atoms. The van der Waals surface area contributed by atoms with E-state index in [4.69, 9.17) is 5.73 Å². The number of rotatable bonds is 6. The molecule has 1 aromatic heterocycles. The number of aryl methyl sites for hydroxylation is 2. The Balaban J connectivity index is 3.03. The van der Waals surface area contributed by atoms with Crippen molar-refractivity contribution in [2.45, 2.75) is 46.6 Å². The van der Waals surface area contributed by atoms with E-state index in [2.05, 4.69) is 47.8 Å². The largest absolute Gasteiger partial charge is 0.336 e. The third-order valence-corrected chi connectivity index (χ3v) is 2.75. The van der Waals surface area contributed by atoms with Crippen molar-refractivity contribution in [3.05, 3.63) is 11.4 Å². The van der Waals surface area contributed by atoms with Crippen LogP contribution < -0.4 is 10.6 Å². The quantitative estimate of drug-likeness (QED) is 0.804. The molecule has 0 aliphatic heterocycles. The highest BCUT2D eigenvalue weighted by atomic mass is 15.3. The summed E-state index contributed by atoms with van der Waals surface area (Å²) >= 11 is 0. The molecule has 0 atom stereocenters. The van der Waals surface area contributed by atoms with Crippen LogP contribution in [0.1, 0.15) is 39.1 Å². The van der Waals surface area contributed by atoms with Crippen molar-refractivity contribution in [3.8, 4) is 0 Å². The number of nitrogens with two attached hydrogens (primary N) is 1. The average molecular weight is 237 g/mol. The van der Waals surface area contributed by atoms with Crippen LogP contribution in [-0.2, 0) is 12.8 Å². The van der Waals surface area contributed by atoms with Gasteiger partial charge in [-0.3, -0.25) is 0 Å². The van der Waals surface area contributed by atoms with E-state index in [0.29, 0.717) is 18.5 Å². The Morgan fingerprint density at radius 2 is 1.76 bits per heavy atom. The van der Waals surface area contributed by atoms with Crippen LogP contribution in [0.5, 0.6) is 0 Å². The highest BCUT2D eigenvalue weighted by Crippen LogP contribution is 2.13. The van der Waals surface area contributed by atoms with Gasteiger partial charge in [0.15, 0.2) is 0 Å². The first-order chi connectivity index (χ1) is 8.13. The predicted molar refractivity (Wildman–Crippen MR) is 70.1 cm³/mol. The zero-order valence-electron chi connectivity index (χ0n) is 11.3. The number of hydrogen-bond donors (Lipinski definition) is 1. The van der Waals surface area contributed by atoms with E-state index in [9.17, 15) is 0 Å². The molecule has 0 spiro atoms. The smallest absolute Gasteiger partial charge is 0.245 e. The minimum absolute atomic E-state index is 0.331. The highest BCUT2D eigenvalue weighted by molar-refractivity contribution is 5.31. The first kappa shape index (κ1) is 13.8. The molecule has 0 unspecified atom stereocenters. The van der Waals surface area contributed by atoms with Gasteiger partial charge in [0.05, 0.1) is 11.4 Å². The summed E-state index contributed by atoms with van der Waals surface area (Å²) in [5.41, 5.74) is 7.65. The Morgan fingerprint density at radius 3 is 2.24 bits per heavy atom. The summed E-state index contributed by atoms with van der Waals surface area (Å²) in [5, 5.41) is 8.47. The fraction of sp³-hybridized carbons (Fsp3) is 0.750. The summed E-state index contributed by atoms with van der Waals surface area (Å²) in [7, 11) is 0. The molecule has 0 aliphatic rings. The summed E-state index contributed by atoms with van der Waals surface area (Å²) in [6.07, 6.45) is 1.77. The molecule has 0 radical (unpaired) electrons. The fourth-order valence-corrected chi connectivity index (χ4v) is 1.78. The lowest BCUT2D eigenvalue weighted by atomic mass is 10.2. The van der Waals surface area contributed by atoms with E-state index in [1.165, 1.54) is 0 Å². The molecule has 0 aliphatic carbocycles. The molecule has 5 heteroatoms. The molecule has 2 N–H and O–H groups in total. The van der Waals surface area contributed by atoms with Gasteiger partial charge < -0.3 is 10.6 Å². The lowest BCUT2D eigenvalue weighted by Gasteiger charge is -2.26. The molecule has 0 bridgehead atoms. The van der Waals surface area contributed by atoms with Crippen molar-refractivity contribution >= 4 is 5.95 Å². The third kappa shape index (κ3) is 3.36. The van der Waals surface area contributed by atoms with Crippen molar-refractivity contribution in [1.29, 1.82) is 0 Å². The Labute approximate surface area is 103 Å². The summed E-state index contributed by atoms with van der Waals surface area (Å²) in [5.74, 6) is 0.694. The van der Waals surface area contributed by atoms with Crippen LogP contribution in [0.3, 0.4) is 0 Å². The van der Waals surface area contributed by atoms with Gasteiger partial charge in [0.2, 0.25) is 5.95 Å². The summed E-state index contributed by atoms with van der Waals surface area (Å²) < 4.78 is 0. The van der Waals surface area contributed by atoms with Crippen molar-refractivity contribution in [2.24, 2.45) is 5.73 Å². The SMILES string of the molecule is CCc1nnc(N(CCN)C(C)C)nc1CC. The van der Waals surface area contributed by atoms with Crippen molar-refractivity contribution in [1.82, 2.24) is 15.2 Å². The second-order valence-electron chi connectivity index (χ2n) is 4.29. The van der Waals surface area contributed by atoms with Crippen LogP contribution in [-0.4, -0.2) is 34.3 Å². The maximum atomic E-state index is 5.61. The molecule has 1 aromatic rings. The number of aromatic nitrogens is 3. The molecule has 1 rings (SSSR count). The minimum Gasteiger partial charge on any atom is -0.336 e. The number of nitrogens with zero attached hydrogens (tertiary/aromatic N) is 4. The van der Waals surface area contributed by atoms with Crippen LogP contribution in [0.25, 0.3) is 0 Å². The molecule has 1 heterocycles. The third-order valence-electron chi connectivity index (χ3n) is 2.75. The zero-order chi connectivity index (χ0) is 12.8. The molecule has 0 amide bonds. The van der Waals surface area contributed by atoms with Crippen molar-refractivity contribution < 1.29 is 0 Å². The Hall–Kier alpha value is -1.23. The molecule has 5 nitrogen and oxygen atoms in total. The minimum atomic E-state index is 0.331. The van der Waals surface area contributed by atoms with Crippen LogP contribution in [0.2, 0.25) is 0 Å². The van der Waals surface area contributed by atoms with E-state index in [0.717, 1.165) is 30.8 Å². The molecular weight excluding hydrogens is 214 g/mol. The van der Waals surface area contributed by atoms with Crippen LogP contribution in [0.15, 0.2) is 0 Å². The van der Waals surface area contributed by atoms with Gasteiger partial charge in [-0.05, 0) is 26.7 Å². The summed E-state index contributed by atoms with van der Waals surface area (Å²) in [4.78, 5) is 6.69. The average Bonchev–Trinajstić information content (AvgIpc) is 2.34. The summed E-state index contributed by atoms with van der Waals surface area (Å²) in [6.45, 7) is 9.74. The highest BCUT2D eigenvalue weighted by Gasteiger charge is 2.15. The van der Waals surface area contributed by atoms with E-state index >= 15 is 0 Å². The van der Waals surface area contributed by atoms with E-state index in [1.807, 2.05) is 0 Å². The summed E-state index contributed by atoms with van der Waals surface area (Å²) in [6, 6.07) is 0.331. The Kier molecular flexibility index (Phi) is 5.28. The predicted octanol–water partition coefficient (Wildman–Crippen LogP) is 1.17. The standard InChI is InChI=1S/C12H23N5/c1-5-10-11(6-2)15-16-12(14-10)17(8-7-13)9(3)4/h9H,5-8,13H2,1-4H3. The van der Waals surface area contributed by atoms with Crippen LogP contribution in [0, 0.1) is 0 Å². The van der Waals surface area contributed by atoms with Gasteiger partial charge in [-0.15, -0.1) is 5.10 Å². The molecule has 0 saturated heterocycles. The van der Waals surface area contributed by atoms with Gasteiger partial charge >= 0.3 is 0 Å². The maximum Gasteiger partial charge on any atom is 0.245 e. The number of hydrogen-bond acceptors (Lipinski definition) is 5. The van der Waals surface area contributed by atoms with Crippen LogP contribution >= 0.6 is 0 Å². The monoisotopic (exact) mass is 237 g/mol. The van der Waals surface area contributed by atoms with Gasteiger partial charge in [-0.1, -0.05) is 13.8 Å². The van der Waals surface area contributed by atoms with Gasteiger partial charge in [0.1, 0.15) is 0 Å². The molecule has 0 aromatic carbocycles. The second kappa shape index (κ2) is 6.49. The molecule has 0 saturated carbocycles. The normalized spacial score (nSPS) is 10.9. The van der Waals surface area contributed by atoms with Crippen LogP contribution in [0.4, 0.5) is 5.95 Å². The van der Waals surface area contributed by atoms with Gasteiger partial charge in [0.25, 0.3) is 0 Å².